The Morgan fingerprint density at radius 3 is 2.75 bits per heavy atom. The zero-order valence-electron chi connectivity index (χ0n) is 13.3. The molecule has 1 heterocycles. The molecule has 0 bridgehead atoms. The second-order valence-corrected chi connectivity index (χ2v) is 5.54. The summed E-state index contributed by atoms with van der Waals surface area (Å²) in [6.45, 7) is 1.73. The van der Waals surface area contributed by atoms with Crippen LogP contribution in [-0.2, 0) is 13.6 Å². The average Bonchev–Trinajstić information content (AvgIpc) is 2.58. The molecule has 0 atom stereocenters. The predicted octanol–water partition coefficient (Wildman–Crippen LogP) is 2.31. The van der Waals surface area contributed by atoms with E-state index < -0.39 is 0 Å². The fourth-order valence-electron chi connectivity index (χ4n) is 2.54. The maximum atomic E-state index is 13.6. The van der Waals surface area contributed by atoms with Crippen LogP contribution < -0.4 is 10.9 Å². The van der Waals surface area contributed by atoms with Gasteiger partial charge in [-0.15, -0.1) is 0 Å². The number of rotatable bonds is 3. The third-order valence-electron chi connectivity index (χ3n) is 3.90. The van der Waals surface area contributed by atoms with Crippen LogP contribution in [0.2, 0.25) is 0 Å². The van der Waals surface area contributed by atoms with Crippen molar-refractivity contribution in [3.05, 3.63) is 75.5 Å². The Hall–Kier alpha value is -3.02. The monoisotopic (exact) mass is 325 g/mol. The Labute approximate surface area is 137 Å². The Morgan fingerprint density at radius 1 is 1.25 bits per heavy atom. The minimum absolute atomic E-state index is 0.100. The van der Waals surface area contributed by atoms with Crippen LogP contribution in [0.4, 0.5) is 4.39 Å². The third-order valence-corrected chi connectivity index (χ3v) is 3.90. The first kappa shape index (κ1) is 15.9. The van der Waals surface area contributed by atoms with E-state index in [4.69, 9.17) is 0 Å². The summed E-state index contributed by atoms with van der Waals surface area (Å²) < 4.78 is 15.1. The van der Waals surface area contributed by atoms with Crippen molar-refractivity contribution in [3.63, 3.8) is 0 Å². The molecule has 2 aromatic carbocycles. The quantitative estimate of drug-likeness (QED) is 0.804. The number of aromatic nitrogens is 2. The molecule has 0 radical (unpaired) electrons. The molecule has 0 saturated heterocycles. The summed E-state index contributed by atoms with van der Waals surface area (Å²) in [5.74, 6) is -0.683. The van der Waals surface area contributed by atoms with Crippen molar-refractivity contribution in [2.75, 3.05) is 0 Å². The first-order valence-corrected chi connectivity index (χ1v) is 7.46. The van der Waals surface area contributed by atoms with Gasteiger partial charge in [0.25, 0.3) is 11.5 Å². The standard InChI is InChI=1S/C18H16FN3O2/c1-11-18(24)22(2)16-8-7-12(9-15(16)21-11)17(23)20-10-13-5-3-4-6-14(13)19/h3-9H,10H2,1-2H3,(H,20,23). The molecule has 5 nitrogen and oxygen atoms in total. The molecule has 122 valence electrons. The molecule has 0 spiro atoms. The Kier molecular flexibility index (Phi) is 4.12. The number of benzene rings is 2. The Morgan fingerprint density at radius 2 is 2.00 bits per heavy atom. The van der Waals surface area contributed by atoms with Gasteiger partial charge in [0.05, 0.1) is 11.0 Å². The van der Waals surface area contributed by atoms with Gasteiger partial charge in [0.15, 0.2) is 0 Å². The van der Waals surface area contributed by atoms with E-state index in [1.54, 1.807) is 50.4 Å². The highest BCUT2D eigenvalue weighted by Crippen LogP contribution is 2.13. The van der Waals surface area contributed by atoms with Crippen molar-refractivity contribution >= 4 is 16.9 Å². The van der Waals surface area contributed by atoms with Gasteiger partial charge in [-0.05, 0) is 31.2 Å². The molecule has 0 aliphatic heterocycles. The summed E-state index contributed by atoms with van der Waals surface area (Å²) in [5.41, 5.74) is 2.24. The van der Waals surface area contributed by atoms with E-state index in [0.29, 0.717) is 27.9 Å². The Bertz CT molecular complexity index is 995. The summed E-state index contributed by atoms with van der Waals surface area (Å²) in [5, 5.41) is 2.69. The SMILES string of the molecule is Cc1nc2cc(C(=O)NCc3ccccc3F)ccc2n(C)c1=O. The van der Waals surface area contributed by atoms with Gasteiger partial charge in [-0.25, -0.2) is 9.37 Å². The highest BCUT2D eigenvalue weighted by Gasteiger charge is 2.11. The van der Waals surface area contributed by atoms with Crippen LogP contribution in [0.15, 0.2) is 47.3 Å². The molecule has 0 aliphatic carbocycles. The van der Waals surface area contributed by atoms with E-state index in [2.05, 4.69) is 10.3 Å². The number of halogens is 1. The van der Waals surface area contributed by atoms with Crippen molar-refractivity contribution in [2.45, 2.75) is 13.5 Å². The lowest BCUT2D eigenvalue weighted by molar-refractivity contribution is 0.0950. The molecular weight excluding hydrogens is 309 g/mol. The van der Waals surface area contributed by atoms with Gasteiger partial charge in [0.1, 0.15) is 11.5 Å². The second kappa shape index (κ2) is 6.23. The maximum Gasteiger partial charge on any atom is 0.272 e. The van der Waals surface area contributed by atoms with Crippen LogP contribution in [0, 0.1) is 12.7 Å². The molecule has 0 saturated carbocycles. The van der Waals surface area contributed by atoms with Crippen molar-refractivity contribution in [1.82, 2.24) is 14.9 Å². The number of nitrogens with zero attached hydrogens (tertiary/aromatic N) is 2. The fourth-order valence-corrected chi connectivity index (χ4v) is 2.54. The summed E-state index contributed by atoms with van der Waals surface area (Å²) in [7, 11) is 1.66. The first-order valence-electron chi connectivity index (χ1n) is 7.46. The van der Waals surface area contributed by atoms with Crippen molar-refractivity contribution in [1.29, 1.82) is 0 Å². The molecule has 3 aromatic rings. The van der Waals surface area contributed by atoms with E-state index in [0.717, 1.165) is 0 Å². The largest absolute Gasteiger partial charge is 0.348 e. The van der Waals surface area contributed by atoms with Crippen LogP contribution in [0.3, 0.4) is 0 Å². The lowest BCUT2D eigenvalue weighted by atomic mass is 10.1. The summed E-state index contributed by atoms with van der Waals surface area (Å²) in [6, 6.07) is 11.2. The second-order valence-electron chi connectivity index (χ2n) is 5.54. The van der Waals surface area contributed by atoms with Gasteiger partial charge < -0.3 is 9.88 Å². The average molecular weight is 325 g/mol. The first-order chi connectivity index (χ1) is 11.5. The van der Waals surface area contributed by atoms with E-state index in [1.807, 2.05) is 0 Å². The highest BCUT2D eigenvalue weighted by molar-refractivity contribution is 5.97. The summed E-state index contributed by atoms with van der Waals surface area (Å²) in [4.78, 5) is 28.4. The molecule has 6 heteroatoms. The van der Waals surface area contributed by atoms with Gasteiger partial charge in [-0.1, -0.05) is 18.2 Å². The molecule has 1 N–H and O–H groups in total. The number of hydrogen-bond donors (Lipinski definition) is 1. The molecule has 3 rings (SSSR count). The smallest absolute Gasteiger partial charge is 0.272 e. The predicted molar refractivity (Wildman–Crippen MR) is 89.3 cm³/mol. The van der Waals surface area contributed by atoms with Crippen LogP contribution in [0.1, 0.15) is 21.6 Å². The Balaban J connectivity index is 1.87. The number of aryl methyl sites for hydroxylation is 2. The van der Waals surface area contributed by atoms with E-state index in [1.165, 1.54) is 10.6 Å². The van der Waals surface area contributed by atoms with Crippen molar-refractivity contribution in [3.8, 4) is 0 Å². The van der Waals surface area contributed by atoms with Gasteiger partial charge in [0.2, 0.25) is 0 Å². The highest BCUT2D eigenvalue weighted by atomic mass is 19.1. The number of carbonyl (C=O) groups excluding carboxylic acids is 1. The molecular formula is C18H16FN3O2. The molecule has 0 fully saturated rings. The molecule has 0 aliphatic rings. The lowest BCUT2D eigenvalue weighted by Gasteiger charge is -2.09. The number of carbonyl (C=O) groups is 1. The normalized spacial score (nSPS) is 10.8. The van der Waals surface area contributed by atoms with Gasteiger partial charge in [-0.3, -0.25) is 9.59 Å². The van der Waals surface area contributed by atoms with Crippen LogP contribution in [0.5, 0.6) is 0 Å². The lowest BCUT2D eigenvalue weighted by Crippen LogP contribution is -2.24. The zero-order valence-corrected chi connectivity index (χ0v) is 13.3. The zero-order chi connectivity index (χ0) is 17.3. The maximum absolute atomic E-state index is 13.6. The minimum atomic E-state index is -0.358. The number of amides is 1. The minimum Gasteiger partial charge on any atom is -0.348 e. The third kappa shape index (κ3) is 2.90. The van der Waals surface area contributed by atoms with Crippen molar-refractivity contribution < 1.29 is 9.18 Å². The summed E-state index contributed by atoms with van der Waals surface area (Å²) >= 11 is 0. The van der Waals surface area contributed by atoms with E-state index in [-0.39, 0.29) is 23.8 Å². The topological polar surface area (TPSA) is 64.0 Å². The fraction of sp³-hybridized carbons (Fsp3) is 0.167. The van der Waals surface area contributed by atoms with Crippen LogP contribution in [0.25, 0.3) is 11.0 Å². The van der Waals surface area contributed by atoms with Crippen LogP contribution in [-0.4, -0.2) is 15.5 Å². The molecule has 1 amide bonds. The molecule has 1 aromatic heterocycles. The summed E-state index contributed by atoms with van der Waals surface area (Å²) in [6.07, 6.45) is 0. The van der Waals surface area contributed by atoms with Gasteiger partial charge >= 0.3 is 0 Å². The van der Waals surface area contributed by atoms with Crippen LogP contribution >= 0.6 is 0 Å². The molecule has 24 heavy (non-hydrogen) atoms. The number of fused-ring (bicyclic) bond motifs is 1. The number of nitrogens with one attached hydrogen (secondary N) is 1. The van der Waals surface area contributed by atoms with Gasteiger partial charge in [-0.2, -0.15) is 0 Å². The van der Waals surface area contributed by atoms with Crippen molar-refractivity contribution in [2.24, 2.45) is 7.05 Å². The van der Waals surface area contributed by atoms with E-state index >= 15 is 0 Å². The van der Waals surface area contributed by atoms with E-state index in [9.17, 15) is 14.0 Å². The van der Waals surface area contributed by atoms with Gasteiger partial charge in [0, 0.05) is 24.7 Å². The number of hydrogen-bond acceptors (Lipinski definition) is 3. The molecule has 0 unspecified atom stereocenters.